The lowest BCUT2D eigenvalue weighted by atomic mass is 10.2. The van der Waals surface area contributed by atoms with Crippen molar-refractivity contribution in [3.05, 3.63) is 60.5 Å². The van der Waals surface area contributed by atoms with Crippen molar-refractivity contribution >= 4 is 22.7 Å². The molecule has 0 radical (unpaired) electrons. The maximum atomic E-state index is 9.05. The van der Waals surface area contributed by atoms with Crippen molar-refractivity contribution in [2.24, 2.45) is 12.0 Å². The van der Waals surface area contributed by atoms with Crippen LogP contribution in [-0.4, -0.2) is 56.6 Å². The summed E-state index contributed by atoms with van der Waals surface area (Å²) in [7, 11) is 1.86. The maximum Gasteiger partial charge on any atom is 0.223 e. The highest BCUT2D eigenvalue weighted by atomic mass is 16.5. The van der Waals surface area contributed by atoms with E-state index in [1.54, 1.807) is 24.5 Å². The smallest absolute Gasteiger partial charge is 0.223 e. The lowest BCUT2D eigenvalue weighted by molar-refractivity contribution is 0.0536. The van der Waals surface area contributed by atoms with Crippen LogP contribution in [0.5, 0.6) is 11.6 Å². The number of rotatable bonds is 6. The van der Waals surface area contributed by atoms with Crippen LogP contribution in [0, 0.1) is 18.3 Å². The second-order valence-electron chi connectivity index (χ2n) is 7.80. The Hall–Kier alpha value is -4.23. The molecular weight excluding hydrogens is 432 g/mol. The van der Waals surface area contributed by atoms with Gasteiger partial charge in [0.25, 0.3) is 0 Å². The summed E-state index contributed by atoms with van der Waals surface area (Å²) in [5.74, 6) is 1.44. The number of aromatic nitrogens is 4. The van der Waals surface area contributed by atoms with Gasteiger partial charge in [0.1, 0.15) is 23.1 Å². The van der Waals surface area contributed by atoms with E-state index in [-0.39, 0.29) is 0 Å². The van der Waals surface area contributed by atoms with E-state index in [0.717, 1.165) is 24.4 Å². The predicted molar refractivity (Wildman–Crippen MR) is 130 cm³/mol. The van der Waals surface area contributed by atoms with Crippen molar-refractivity contribution in [3.63, 3.8) is 0 Å². The summed E-state index contributed by atoms with van der Waals surface area (Å²) in [6.45, 7) is 10.9. The molecule has 0 aliphatic carbocycles. The summed E-state index contributed by atoms with van der Waals surface area (Å²) < 4.78 is 13.2. The number of nitrogens with zero attached hydrogens (tertiary/aromatic N) is 7. The summed E-state index contributed by atoms with van der Waals surface area (Å²) in [5, 5.41) is 12.3. The van der Waals surface area contributed by atoms with Crippen molar-refractivity contribution in [1.82, 2.24) is 24.4 Å². The first-order chi connectivity index (χ1) is 16.5. The van der Waals surface area contributed by atoms with Crippen LogP contribution in [0.15, 0.2) is 54.2 Å². The van der Waals surface area contributed by atoms with E-state index in [4.69, 9.17) is 14.7 Å². The quantitative estimate of drug-likeness (QED) is 0.441. The van der Waals surface area contributed by atoms with Crippen molar-refractivity contribution < 1.29 is 9.47 Å². The molecule has 174 valence electrons. The van der Waals surface area contributed by atoms with E-state index in [1.807, 2.05) is 37.7 Å². The van der Waals surface area contributed by atoms with Gasteiger partial charge in [0.2, 0.25) is 5.88 Å². The number of nitriles is 1. The number of fused-ring (bicyclic) bond motifs is 1. The Morgan fingerprint density at radius 1 is 1.32 bits per heavy atom. The Balaban J connectivity index is 1.63. The molecule has 0 amide bonds. The molecule has 4 heterocycles. The van der Waals surface area contributed by atoms with Crippen molar-refractivity contribution in [1.29, 1.82) is 5.26 Å². The monoisotopic (exact) mass is 458 g/mol. The lowest BCUT2D eigenvalue weighted by Crippen LogP contribution is -2.34. The summed E-state index contributed by atoms with van der Waals surface area (Å²) in [6.07, 6.45) is 6.67. The fourth-order valence-corrected chi connectivity index (χ4v) is 3.48. The van der Waals surface area contributed by atoms with Crippen molar-refractivity contribution in [2.45, 2.75) is 13.8 Å². The van der Waals surface area contributed by atoms with Crippen LogP contribution in [0.4, 0.5) is 5.69 Å². The van der Waals surface area contributed by atoms with Gasteiger partial charge >= 0.3 is 0 Å². The standard InChI is InChI=1S/C24H26N8O2/c1-5-21(27-13-17(3)32-6-8-33-9-7-32)29-19-11-22(30-24-23(19)28-15-31(24)4)34-20-14-26-18(12-25)10-16(20)2/h5,10-11,13-15H,1,6-9H2,2-4H3,(H,27,29,30)/b17-13+. The minimum Gasteiger partial charge on any atom is -0.437 e. The van der Waals surface area contributed by atoms with Gasteiger partial charge in [-0.2, -0.15) is 10.2 Å². The molecule has 1 saturated heterocycles. The highest BCUT2D eigenvalue weighted by molar-refractivity contribution is 6.07. The van der Waals surface area contributed by atoms with Crippen LogP contribution in [-0.2, 0) is 11.8 Å². The fraction of sp³-hybridized carbons (Fsp3) is 0.292. The third kappa shape index (κ3) is 5.05. The van der Waals surface area contributed by atoms with E-state index in [9.17, 15) is 0 Å². The third-order valence-electron chi connectivity index (χ3n) is 5.39. The molecular formula is C24H26N8O2. The SMILES string of the molecule is C=C/C(=N\C=C(/C)N1CCOCC1)Nc1cc(Oc2cnc(C#N)cc2C)nc2c1ncn2C. The van der Waals surface area contributed by atoms with Gasteiger partial charge in [-0.25, -0.2) is 15.0 Å². The Labute approximate surface area is 197 Å². The molecule has 10 nitrogen and oxygen atoms in total. The molecule has 3 aromatic rings. The Kier molecular flexibility index (Phi) is 6.85. The molecule has 1 aliphatic heterocycles. The van der Waals surface area contributed by atoms with E-state index >= 15 is 0 Å². The van der Waals surface area contributed by atoms with Gasteiger partial charge in [0.15, 0.2) is 11.4 Å². The first-order valence-corrected chi connectivity index (χ1v) is 10.8. The largest absolute Gasteiger partial charge is 0.437 e. The zero-order valence-electron chi connectivity index (χ0n) is 19.4. The molecule has 3 aromatic heterocycles. The number of amidine groups is 1. The van der Waals surface area contributed by atoms with Crippen LogP contribution >= 0.6 is 0 Å². The highest BCUT2D eigenvalue weighted by Gasteiger charge is 2.14. The Bertz CT molecular complexity index is 1310. The molecule has 0 atom stereocenters. The zero-order chi connectivity index (χ0) is 24.1. The number of ether oxygens (including phenoxy) is 2. The number of imidazole rings is 1. The number of pyridine rings is 2. The lowest BCUT2D eigenvalue weighted by Gasteiger charge is -2.28. The first kappa shape index (κ1) is 22.9. The van der Waals surface area contributed by atoms with Crippen molar-refractivity contribution in [3.8, 4) is 17.7 Å². The zero-order valence-corrected chi connectivity index (χ0v) is 19.4. The second-order valence-corrected chi connectivity index (χ2v) is 7.80. The fourth-order valence-electron chi connectivity index (χ4n) is 3.48. The normalized spacial score (nSPS) is 14.7. The van der Waals surface area contributed by atoms with Crippen LogP contribution in [0.25, 0.3) is 11.2 Å². The van der Waals surface area contributed by atoms with E-state index < -0.39 is 0 Å². The molecule has 0 saturated carbocycles. The van der Waals surface area contributed by atoms with E-state index in [1.165, 1.54) is 6.20 Å². The number of aliphatic imine (C=N–C) groups is 1. The molecule has 0 bridgehead atoms. The third-order valence-corrected chi connectivity index (χ3v) is 5.39. The minimum atomic E-state index is 0.328. The number of allylic oxidation sites excluding steroid dienone is 1. The molecule has 10 heteroatoms. The number of nitrogens with one attached hydrogen (secondary N) is 1. The van der Waals surface area contributed by atoms with Crippen LogP contribution in [0.1, 0.15) is 18.2 Å². The second kappa shape index (κ2) is 10.1. The summed E-state index contributed by atoms with van der Waals surface area (Å²) in [6, 6.07) is 5.45. The minimum absolute atomic E-state index is 0.328. The van der Waals surface area contributed by atoms with Gasteiger partial charge in [-0.15, -0.1) is 0 Å². The topological polar surface area (TPSA) is 113 Å². The average molecular weight is 459 g/mol. The number of anilines is 1. The molecule has 34 heavy (non-hydrogen) atoms. The highest BCUT2D eigenvalue weighted by Crippen LogP contribution is 2.29. The molecule has 1 aliphatic rings. The Morgan fingerprint density at radius 3 is 2.82 bits per heavy atom. The molecule has 0 spiro atoms. The molecule has 1 fully saturated rings. The Morgan fingerprint density at radius 2 is 2.12 bits per heavy atom. The van der Waals surface area contributed by atoms with Gasteiger partial charge in [-0.1, -0.05) is 6.58 Å². The van der Waals surface area contributed by atoms with Crippen LogP contribution < -0.4 is 10.1 Å². The maximum absolute atomic E-state index is 9.05. The first-order valence-electron chi connectivity index (χ1n) is 10.8. The average Bonchev–Trinajstić information content (AvgIpc) is 3.24. The predicted octanol–water partition coefficient (Wildman–Crippen LogP) is 3.53. The number of hydrogen-bond acceptors (Lipinski definition) is 8. The number of aryl methyl sites for hydroxylation is 2. The summed E-state index contributed by atoms with van der Waals surface area (Å²) in [4.78, 5) is 20.0. The van der Waals surface area contributed by atoms with Crippen LogP contribution in [0.3, 0.4) is 0 Å². The van der Waals surface area contributed by atoms with Gasteiger partial charge in [0, 0.05) is 38.1 Å². The van der Waals surface area contributed by atoms with Gasteiger partial charge in [-0.3, -0.25) is 0 Å². The molecule has 0 unspecified atom stereocenters. The van der Waals surface area contributed by atoms with Gasteiger partial charge in [-0.05, 0) is 31.6 Å². The summed E-state index contributed by atoms with van der Waals surface area (Å²) in [5.41, 5.74) is 4.15. The molecule has 4 rings (SSSR count). The van der Waals surface area contributed by atoms with Crippen LogP contribution in [0.2, 0.25) is 0 Å². The molecule has 1 N–H and O–H groups in total. The van der Waals surface area contributed by atoms with Gasteiger partial charge in [0.05, 0.1) is 31.4 Å². The summed E-state index contributed by atoms with van der Waals surface area (Å²) >= 11 is 0. The van der Waals surface area contributed by atoms with E-state index in [0.29, 0.717) is 53.2 Å². The van der Waals surface area contributed by atoms with Gasteiger partial charge < -0.3 is 24.3 Å². The molecule has 0 aromatic carbocycles. The van der Waals surface area contributed by atoms with Crippen molar-refractivity contribution in [2.75, 3.05) is 31.6 Å². The number of morpholine rings is 1. The van der Waals surface area contributed by atoms with E-state index in [2.05, 4.69) is 36.7 Å². The number of hydrogen-bond donors (Lipinski definition) is 1.